The summed E-state index contributed by atoms with van der Waals surface area (Å²) in [6.07, 6.45) is -3.74. The number of alkyl halides is 4. The number of fused-ring (bicyclic) bond motifs is 1. The zero-order chi connectivity index (χ0) is 14.0. The van der Waals surface area contributed by atoms with E-state index in [1.54, 1.807) is 6.07 Å². The van der Waals surface area contributed by atoms with E-state index in [2.05, 4.69) is 0 Å². The van der Waals surface area contributed by atoms with Gasteiger partial charge < -0.3 is 9.64 Å². The normalized spacial score (nSPS) is 15.7. The van der Waals surface area contributed by atoms with Gasteiger partial charge in [0.25, 0.3) is 0 Å². The molecule has 1 aliphatic heterocycles. The lowest BCUT2D eigenvalue weighted by molar-refractivity contribution is -0.166. The number of nitrogens with zero attached hydrogens (tertiary/aromatic N) is 1. The predicted octanol–water partition coefficient (Wildman–Crippen LogP) is 2.70. The first-order valence-electron chi connectivity index (χ1n) is 5.64. The van der Waals surface area contributed by atoms with E-state index in [-0.39, 0.29) is 24.6 Å². The maximum Gasteiger partial charge on any atom is 0.384 e. The van der Waals surface area contributed by atoms with Crippen molar-refractivity contribution >= 4 is 11.6 Å². The van der Waals surface area contributed by atoms with Gasteiger partial charge in [0.05, 0.1) is 12.3 Å². The first kappa shape index (κ1) is 13.6. The summed E-state index contributed by atoms with van der Waals surface area (Å²) in [5, 5.41) is 0. The first-order chi connectivity index (χ1) is 8.94. The number of hydrogen-bond donors (Lipinski definition) is 0. The van der Waals surface area contributed by atoms with Crippen LogP contribution in [0.15, 0.2) is 24.3 Å². The van der Waals surface area contributed by atoms with Crippen molar-refractivity contribution < 1.29 is 27.1 Å². The third-order valence-electron chi connectivity index (χ3n) is 2.74. The molecule has 0 aliphatic carbocycles. The molecule has 3 nitrogen and oxygen atoms in total. The predicted molar refractivity (Wildman–Crippen MR) is 59.9 cm³/mol. The van der Waals surface area contributed by atoms with Gasteiger partial charge in [0.15, 0.2) is 0 Å². The summed E-state index contributed by atoms with van der Waals surface area (Å²) >= 11 is 0. The van der Waals surface area contributed by atoms with Crippen LogP contribution in [0.2, 0.25) is 0 Å². The molecule has 0 saturated heterocycles. The third kappa shape index (κ3) is 2.50. The quantitative estimate of drug-likeness (QED) is 0.778. The van der Waals surface area contributed by atoms with E-state index in [0.29, 0.717) is 11.3 Å². The number of benzene rings is 1. The molecule has 1 aromatic carbocycles. The van der Waals surface area contributed by atoms with Crippen LogP contribution in [0.4, 0.5) is 23.2 Å². The fourth-order valence-electron chi connectivity index (χ4n) is 1.81. The second-order valence-corrected chi connectivity index (χ2v) is 4.05. The van der Waals surface area contributed by atoms with Gasteiger partial charge in [-0.1, -0.05) is 12.1 Å². The van der Waals surface area contributed by atoms with Gasteiger partial charge in [-0.25, -0.2) is 8.78 Å². The van der Waals surface area contributed by atoms with E-state index in [9.17, 15) is 22.4 Å². The van der Waals surface area contributed by atoms with Crippen LogP contribution in [-0.4, -0.2) is 31.4 Å². The molecule has 1 aliphatic rings. The van der Waals surface area contributed by atoms with Crippen LogP contribution >= 0.6 is 0 Å². The highest BCUT2D eigenvalue weighted by Gasteiger charge is 2.51. The molecule has 1 amide bonds. The smallest absolute Gasteiger partial charge is 0.384 e. The third-order valence-corrected chi connectivity index (χ3v) is 2.74. The van der Waals surface area contributed by atoms with Gasteiger partial charge in [-0.3, -0.25) is 4.79 Å². The minimum Gasteiger partial charge on any atom is -0.491 e. The van der Waals surface area contributed by atoms with Gasteiger partial charge in [-0.05, 0) is 18.6 Å². The summed E-state index contributed by atoms with van der Waals surface area (Å²) in [6, 6.07) is 6.02. The van der Waals surface area contributed by atoms with E-state index >= 15 is 0 Å². The minimum atomic E-state index is -4.70. The molecular formula is C12H11F4NO2. The van der Waals surface area contributed by atoms with Crippen molar-refractivity contribution in [2.45, 2.75) is 18.8 Å². The zero-order valence-corrected chi connectivity index (χ0v) is 9.78. The second-order valence-electron chi connectivity index (χ2n) is 4.05. The average molecular weight is 277 g/mol. The van der Waals surface area contributed by atoms with Gasteiger partial charge in [0.1, 0.15) is 5.75 Å². The molecule has 1 heterocycles. The van der Waals surface area contributed by atoms with Crippen molar-refractivity contribution in [1.82, 2.24) is 0 Å². The van der Waals surface area contributed by atoms with Gasteiger partial charge in [-0.2, -0.15) is 8.78 Å². The summed E-state index contributed by atoms with van der Waals surface area (Å²) in [5.74, 6) is -6.36. The molecule has 0 radical (unpaired) electrons. The summed E-state index contributed by atoms with van der Waals surface area (Å²) in [6.45, 7) is 0.152. The van der Waals surface area contributed by atoms with Crippen molar-refractivity contribution in [2.24, 2.45) is 0 Å². The number of ether oxygens (including phenoxy) is 1. The van der Waals surface area contributed by atoms with E-state index in [4.69, 9.17) is 4.74 Å². The molecule has 0 N–H and O–H groups in total. The lowest BCUT2D eigenvalue weighted by Gasteiger charge is -2.25. The number of carbonyl (C=O) groups is 1. The molecule has 0 spiro atoms. The van der Waals surface area contributed by atoms with Gasteiger partial charge in [-0.15, -0.1) is 0 Å². The minimum absolute atomic E-state index is 0.0852. The SMILES string of the molecule is O=C(N1CCCOc2ccccc21)C(F)(F)C(F)F. The summed E-state index contributed by atoms with van der Waals surface area (Å²) < 4.78 is 56.1. The van der Waals surface area contributed by atoms with Crippen LogP contribution < -0.4 is 9.64 Å². The molecule has 0 fully saturated rings. The maximum atomic E-state index is 13.2. The topological polar surface area (TPSA) is 29.5 Å². The number of anilines is 1. The lowest BCUT2D eigenvalue weighted by atomic mass is 10.2. The number of carbonyl (C=O) groups excluding carboxylic acids is 1. The van der Waals surface area contributed by atoms with E-state index in [1.807, 2.05) is 0 Å². The van der Waals surface area contributed by atoms with Crippen LogP contribution in [0.5, 0.6) is 5.75 Å². The summed E-state index contributed by atoms with van der Waals surface area (Å²) in [7, 11) is 0. The maximum absolute atomic E-state index is 13.2. The lowest BCUT2D eigenvalue weighted by Crippen LogP contribution is -2.48. The van der Waals surface area contributed by atoms with Gasteiger partial charge >= 0.3 is 18.3 Å². The monoisotopic (exact) mass is 277 g/mol. The van der Waals surface area contributed by atoms with E-state index in [1.165, 1.54) is 18.2 Å². The van der Waals surface area contributed by atoms with Crippen molar-refractivity contribution in [3.8, 4) is 5.75 Å². The molecular weight excluding hydrogens is 266 g/mol. The molecule has 2 rings (SSSR count). The van der Waals surface area contributed by atoms with E-state index in [0.717, 1.165) is 0 Å². The Hall–Kier alpha value is -1.79. The van der Waals surface area contributed by atoms with Crippen LogP contribution in [0.3, 0.4) is 0 Å². The number of hydrogen-bond acceptors (Lipinski definition) is 2. The Balaban J connectivity index is 2.37. The van der Waals surface area contributed by atoms with Crippen molar-refractivity contribution in [1.29, 1.82) is 0 Å². The van der Waals surface area contributed by atoms with Crippen LogP contribution in [0.25, 0.3) is 0 Å². The number of para-hydroxylation sites is 2. The Morgan fingerprint density at radius 3 is 2.68 bits per heavy atom. The molecule has 0 bridgehead atoms. The fourth-order valence-corrected chi connectivity index (χ4v) is 1.81. The standard InChI is InChI=1S/C12H11F4NO2/c13-10(14)12(15,16)11(18)17-6-3-7-19-9-5-2-1-4-8(9)17/h1-2,4-5,10H,3,6-7H2. The second kappa shape index (κ2) is 5.07. The van der Waals surface area contributed by atoms with Crippen LogP contribution in [-0.2, 0) is 4.79 Å². The summed E-state index contributed by atoms with van der Waals surface area (Å²) in [5.41, 5.74) is 0.0883. The van der Waals surface area contributed by atoms with E-state index < -0.39 is 18.3 Å². The Morgan fingerprint density at radius 2 is 2.00 bits per heavy atom. The number of halogens is 4. The Kier molecular flexibility index (Phi) is 3.64. The first-order valence-corrected chi connectivity index (χ1v) is 5.64. The number of amides is 1. The van der Waals surface area contributed by atoms with Crippen LogP contribution in [0, 0.1) is 0 Å². The molecule has 0 unspecified atom stereocenters. The molecule has 0 aromatic heterocycles. The zero-order valence-electron chi connectivity index (χ0n) is 9.78. The molecule has 19 heavy (non-hydrogen) atoms. The Morgan fingerprint density at radius 1 is 1.32 bits per heavy atom. The highest BCUT2D eigenvalue weighted by atomic mass is 19.3. The van der Waals surface area contributed by atoms with Crippen molar-refractivity contribution in [3.63, 3.8) is 0 Å². The molecule has 0 saturated carbocycles. The largest absolute Gasteiger partial charge is 0.491 e. The Labute approximate surface area is 106 Å². The molecule has 0 atom stereocenters. The van der Waals surface area contributed by atoms with Crippen molar-refractivity contribution in [3.05, 3.63) is 24.3 Å². The average Bonchev–Trinajstić information content (AvgIpc) is 2.59. The van der Waals surface area contributed by atoms with Crippen molar-refractivity contribution in [2.75, 3.05) is 18.1 Å². The molecule has 7 heteroatoms. The highest BCUT2D eigenvalue weighted by molar-refractivity contribution is 5.99. The molecule has 1 aromatic rings. The highest BCUT2D eigenvalue weighted by Crippen LogP contribution is 2.34. The summed E-state index contributed by atoms with van der Waals surface area (Å²) in [4.78, 5) is 12.3. The molecule has 104 valence electrons. The number of rotatable bonds is 2. The van der Waals surface area contributed by atoms with Crippen LogP contribution in [0.1, 0.15) is 6.42 Å². The van der Waals surface area contributed by atoms with Gasteiger partial charge in [0, 0.05) is 6.54 Å². The fraction of sp³-hybridized carbons (Fsp3) is 0.417. The Bertz CT molecular complexity index is 479. The van der Waals surface area contributed by atoms with Gasteiger partial charge in [0.2, 0.25) is 0 Å².